The van der Waals surface area contributed by atoms with Crippen molar-refractivity contribution in [1.82, 2.24) is 9.80 Å². The fourth-order valence-corrected chi connectivity index (χ4v) is 7.82. The van der Waals surface area contributed by atoms with E-state index in [0.717, 1.165) is 5.56 Å². The zero-order valence-electron chi connectivity index (χ0n) is 30.5. The smallest absolute Gasteiger partial charge is 0.339 e. The Labute approximate surface area is 306 Å². The molecule has 296 valence electrons. The molecule has 0 amide bonds. The first kappa shape index (κ1) is 46.1. The maximum Gasteiger partial charge on any atom is 0.339 e. The summed E-state index contributed by atoms with van der Waals surface area (Å²) in [6, 6.07) is 8.39. The molecule has 0 spiro atoms. The van der Waals surface area contributed by atoms with Crippen LogP contribution in [-0.2, 0) is 49.7 Å². The molecule has 0 fully saturated rings. The van der Waals surface area contributed by atoms with Gasteiger partial charge in [0, 0.05) is 56.3 Å². The first-order valence-electron chi connectivity index (χ1n) is 17.5. The zero-order chi connectivity index (χ0) is 38.7. The van der Waals surface area contributed by atoms with Crippen molar-refractivity contribution in [2.75, 3.05) is 52.7 Å². The number of hydrogen-bond donors (Lipinski definition) is 7. The molecule has 0 saturated heterocycles. The van der Waals surface area contributed by atoms with Crippen molar-refractivity contribution < 1.29 is 63.0 Å². The molecular formula is C35H58N2O13P2. The van der Waals surface area contributed by atoms with Crippen molar-refractivity contribution in [1.29, 1.82) is 0 Å². The third-order valence-corrected chi connectivity index (χ3v) is 10.3. The van der Waals surface area contributed by atoms with Gasteiger partial charge in [-0.05, 0) is 43.4 Å². The number of carbonyl (C=O) groups is 1. The molecule has 0 aromatic heterocycles. The Bertz CT molecular complexity index is 1450. The van der Waals surface area contributed by atoms with Crippen molar-refractivity contribution in [2.45, 2.75) is 90.8 Å². The molecule has 0 aliphatic carbocycles. The number of hydrogen-bond acceptors (Lipinski definition) is 11. The molecule has 0 aliphatic heterocycles. The first-order valence-corrected chi connectivity index (χ1v) is 21.1. The second-order valence-corrected chi connectivity index (χ2v) is 16.0. The Morgan fingerprint density at radius 2 is 1.33 bits per heavy atom. The molecule has 0 radical (unpaired) electrons. The number of para-hydroxylation sites is 1. The summed E-state index contributed by atoms with van der Waals surface area (Å²) in [4.78, 5) is 56.4. The van der Waals surface area contributed by atoms with Gasteiger partial charge >= 0.3 is 15.2 Å². The topological polar surface area (TPSA) is 227 Å². The lowest BCUT2D eigenvalue weighted by atomic mass is 9.96. The van der Waals surface area contributed by atoms with E-state index >= 15 is 0 Å². The Morgan fingerprint density at radius 3 is 1.90 bits per heavy atom. The lowest BCUT2D eigenvalue weighted by molar-refractivity contribution is -0.120. The van der Waals surface area contributed by atoms with Crippen molar-refractivity contribution in [3.05, 3.63) is 64.2 Å². The summed E-state index contributed by atoms with van der Waals surface area (Å²) in [7, 11) is -7.93. The molecule has 2 unspecified atom stereocenters. The van der Waals surface area contributed by atoms with E-state index in [9.17, 15) is 48.8 Å². The number of aliphatic hydroxyl groups is 3. The molecular weight excluding hydrogens is 718 g/mol. The fraction of sp³-hybridized carbons (Fsp3) is 0.629. The van der Waals surface area contributed by atoms with Gasteiger partial charge < -0.3 is 49.1 Å². The molecule has 0 aliphatic rings. The van der Waals surface area contributed by atoms with Gasteiger partial charge in [-0.1, -0.05) is 49.2 Å². The molecule has 52 heavy (non-hydrogen) atoms. The van der Waals surface area contributed by atoms with Crippen LogP contribution in [0.25, 0.3) is 0 Å². The van der Waals surface area contributed by atoms with Crippen LogP contribution in [0.3, 0.4) is 0 Å². The third-order valence-electron chi connectivity index (χ3n) is 8.83. The average Bonchev–Trinajstić information content (AvgIpc) is 3.07. The monoisotopic (exact) mass is 776 g/mol. The summed E-state index contributed by atoms with van der Waals surface area (Å²) in [5.41, 5.74) is 2.99. The van der Waals surface area contributed by atoms with E-state index in [0.29, 0.717) is 66.9 Å². The van der Waals surface area contributed by atoms with Crippen LogP contribution in [0, 0.1) is 6.92 Å². The number of ketones is 1. The molecule has 15 nitrogen and oxygen atoms in total. The van der Waals surface area contributed by atoms with E-state index in [1.807, 2.05) is 0 Å². The van der Waals surface area contributed by atoms with Crippen molar-refractivity contribution >= 4 is 21.0 Å². The van der Waals surface area contributed by atoms with Crippen molar-refractivity contribution in [3.8, 4) is 5.75 Å². The standard InChI is InChI=1S/C35H58N2O13P2/c1-4-50-35-29(11-9-13-31(35)23-39)21-37(26-52(45,46)47)34(24-40)33(15-7-5-6-14-32(41)16-17-49-19-18-48-3)36(25-51(42,43)44)20-28-10-8-12-30(22-38)27(28)2/h8-13,33-34,38-40H,4-7,14-26H2,1-3H3,(H2,42,43,44)(H2,45,46,47). The second kappa shape index (κ2) is 23.7. The molecule has 17 heteroatoms. The Hall–Kier alpha value is -2.07. The van der Waals surface area contributed by atoms with Gasteiger partial charge in [0.15, 0.2) is 0 Å². The zero-order valence-corrected chi connectivity index (χ0v) is 32.3. The van der Waals surface area contributed by atoms with Gasteiger partial charge in [0.1, 0.15) is 24.1 Å². The highest BCUT2D eigenvalue weighted by atomic mass is 31.2. The van der Waals surface area contributed by atoms with Crippen LogP contribution in [0.5, 0.6) is 5.75 Å². The maximum absolute atomic E-state index is 12.6. The van der Waals surface area contributed by atoms with E-state index in [2.05, 4.69) is 0 Å². The molecule has 2 rings (SSSR count). The van der Waals surface area contributed by atoms with Crippen LogP contribution in [0.15, 0.2) is 36.4 Å². The van der Waals surface area contributed by atoms with Crippen LogP contribution in [0.4, 0.5) is 0 Å². The van der Waals surface area contributed by atoms with E-state index in [-0.39, 0.29) is 58.1 Å². The van der Waals surface area contributed by atoms with Crippen LogP contribution in [0.1, 0.15) is 73.3 Å². The van der Waals surface area contributed by atoms with E-state index in [4.69, 9.17) is 14.2 Å². The van der Waals surface area contributed by atoms with E-state index in [1.54, 1.807) is 57.4 Å². The van der Waals surface area contributed by atoms with Gasteiger partial charge in [0.05, 0.1) is 46.2 Å². The minimum atomic E-state index is -4.76. The summed E-state index contributed by atoms with van der Waals surface area (Å²) in [6.45, 7) is 3.58. The molecule has 0 bridgehead atoms. The first-order chi connectivity index (χ1) is 24.7. The third kappa shape index (κ3) is 16.5. The van der Waals surface area contributed by atoms with Gasteiger partial charge in [-0.25, -0.2) is 0 Å². The van der Waals surface area contributed by atoms with E-state index in [1.165, 1.54) is 9.80 Å². The highest BCUT2D eigenvalue weighted by molar-refractivity contribution is 7.51. The average molecular weight is 777 g/mol. The van der Waals surface area contributed by atoms with Crippen LogP contribution in [0.2, 0.25) is 0 Å². The Morgan fingerprint density at radius 1 is 0.750 bits per heavy atom. The Balaban J connectivity index is 2.52. The van der Waals surface area contributed by atoms with Crippen molar-refractivity contribution in [3.63, 3.8) is 0 Å². The van der Waals surface area contributed by atoms with Gasteiger partial charge in [-0.2, -0.15) is 0 Å². The Kier molecular flexibility index (Phi) is 21.0. The fourth-order valence-electron chi connectivity index (χ4n) is 6.26. The van der Waals surface area contributed by atoms with Crippen molar-refractivity contribution in [2.24, 2.45) is 0 Å². The summed E-state index contributed by atoms with van der Waals surface area (Å²) in [5, 5.41) is 30.9. The van der Waals surface area contributed by atoms with Gasteiger partial charge in [0.2, 0.25) is 0 Å². The highest BCUT2D eigenvalue weighted by Gasteiger charge is 2.37. The number of methoxy groups -OCH3 is 1. The number of carbonyl (C=O) groups excluding carboxylic acids is 1. The van der Waals surface area contributed by atoms with Gasteiger partial charge in [-0.3, -0.25) is 23.7 Å². The lowest BCUT2D eigenvalue weighted by Crippen LogP contribution is -2.53. The predicted molar refractivity (Wildman–Crippen MR) is 196 cm³/mol. The number of rotatable bonds is 28. The number of aliphatic hydroxyl groups excluding tert-OH is 3. The van der Waals surface area contributed by atoms with Crippen LogP contribution >= 0.6 is 15.2 Å². The minimum Gasteiger partial charge on any atom is -0.493 e. The summed E-state index contributed by atoms with van der Waals surface area (Å²) in [6.07, 6.45) is 0.915. The summed E-state index contributed by atoms with van der Waals surface area (Å²) < 4.78 is 41.4. The molecule has 0 heterocycles. The quantitative estimate of drug-likeness (QED) is 0.0486. The van der Waals surface area contributed by atoms with Crippen LogP contribution in [-0.4, -0.2) is 115 Å². The number of Topliss-reactive ketones (excluding diaryl/α,β-unsaturated/α-hetero) is 1. The second-order valence-electron chi connectivity index (χ2n) is 12.8. The molecule has 7 N–H and O–H groups in total. The minimum absolute atomic E-state index is 0.00144. The lowest BCUT2D eigenvalue weighted by Gasteiger charge is -2.42. The number of unbranched alkanes of at least 4 members (excludes halogenated alkanes) is 2. The molecule has 0 saturated carbocycles. The SMILES string of the molecule is CCOc1c(CO)cccc1CN(CP(=O)(O)O)C(CO)C(CCCCCC(=O)CCOCCOC)N(Cc1cccc(CO)c1C)CP(=O)(O)O. The number of nitrogens with zero attached hydrogens (tertiary/aromatic N) is 2. The van der Waals surface area contributed by atoms with Gasteiger partial charge in [0.25, 0.3) is 0 Å². The van der Waals surface area contributed by atoms with E-state index < -0.39 is 46.5 Å². The normalized spacial score (nSPS) is 13.5. The predicted octanol–water partition coefficient (Wildman–Crippen LogP) is 3.26. The molecule has 2 atom stereocenters. The number of ether oxygens (including phenoxy) is 3. The maximum atomic E-state index is 12.6. The van der Waals surface area contributed by atoms with Crippen LogP contribution < -0.4 is 4.74 Å². The molecule has 2 aromatic rings. The van der Waals surface area contributed by atoms with Gasteiger partial charge in [-0.15, -0.1) is 0 Å². The number of benzene rings is 2. The summed E-state index contributed by atoms with van der Waals surface area (Å²) in [5.74, 6) is 0.376. The molecule has 2 aromatic carbocycles. The largest absolute Gasteiger partial charge is 0.493 e. The highest BCUT2D eigenvalue weighted by Crippen LogP contribution is 2.41. The summed E-state index contributed by atoms with van der Waals surface area (Å²) >= 11 is 0.